The number of nitrogens with zero attached hydrogens (tertiary/aromatic N) is 2. The zero-order valence-corrected chi connectivity index (χ0v) is 16.3. The number of carbonyl (C=O) groups excluding carboxylic acids is 1. The van der Waals surface area contributed by atoms with Gasteiger partial charge in [0.15, 0.2) is 11.4 Å². The lowest BCUT2D eigenvalue weighted by molar-refractivity contribution is 0.0932. The van der Waals surface area contributed by atoms with Gasteiger partial charge < -0.3 is 20.5 Å². The highest BCUT2D eigenvalue weighted by atomic mass is 19.1. The monoisotopic (exact) mass is 418 g/mol. The Labute approximate surface area is 170 Å². The molecule has 158 valence electrons. The van der Waals surface area contributed by atoms with Crippen LogP contribution >= 0.6 is 0 Å². The van der Waals surface area contributed by atoms with E-state index in [1.54, 1.807) is 32.2 Å². The number of aryl methyl sites for hydroxylation is 1. The smallest absolute Gasteiger partial charge is 0.404 e. The number of imidazole rings is 1. The first-order valence-electron chi connectivity index (χ1n) is 9.09. The third-order valence-electron chi connectivity index (χ3n) is 4.37. The Hall–Kier alpha value is -3.69. The number of pyridine rings is 1. The second kappa shape index (κ2) is 8.76. The van der Waals surface area contributed by atoms with Gasteiger partial charge in [0.2, 0.25) is 0 Å². The standard InChI is InChI=1S/C20H20F2N4O4/c1-11(9-23-20(28)29)24-19(27)17-12(2)25-18-16(7-4-8-26(17)18)30-10-13-14(21)5-3-6-15(13)22/h3-8,11,23H,9-10H2,1-2H3,(H,24,27)(H,28,29). The van der Waals surface area contributed by atoms with Crippen LogP contribution in [0.25, 0.3) is 5.65 Å². The highest BCUT2D eigenvalue weighted by Crippen LogP contribution is 2.24. The Morgan fingerprint density at radius 3 is 2.60 bits per heavy atom. The van der Waals surface area contributed by atoms with Crippen LogP contribution in [0.5, 0.6) is 5.75 Å². The van der Waals surface area contributed by atoms with Crippen molar-refractivity contribution in [3.8, 4) is 5.75 Å². The molecule has 30 heavy (non-hydrogen) atoms. The van der Waals surface area contributed by atoms with E-state index in [0.717, 1.165) is 12.1 Å². The maximum Gasteiger partial charge on any atom is 0.404 e. The molecule has 1 atom stereocenters. The number of halogens is 2. The fraction of sp³-hybridized carbons (Fsp3) is 0.250. The number of fused-ring (bicyclic) bond motifs is 1. The summed E-state index contributed by atoms with van der Waals surface area (Å²) >= 11 is 0. The second-order valence-electron chi connectivity index (χ2n) is 6.66. The lowest BCUT2D eigenvalue weighted by atomic mass is 10.2. The number of aromatic nitrogens is 2. The lowest BCUT2D eigenvalue weighted by Gasteiger charge is -2.14. The average molecular weight is 418 g/mol. The van der Waals surface area contributed by atoms with Crippen molar-refractivity contribution in [2.24, 2.45) is 0 Å². The quantitative estimate of drug-likeness (QED) is 0.547. The predicted molar refractivity (Wildman–Crippen MR) is 104 cm³/mol. The topological polar surface area (TPSA) is 105 Å². The van der Waals surface area contributed by atoms with Crippen molar-refractivity contribution in [3.05, 3.63) is 65.1 Å². The number of amides is 2. The highest BCUT2D eigenvalue weighted by molar-refractivity contribution is 5.95. The van der Waals surface area contributed by atoms with Crippen molar-refractivity contribution in [2.75, 3.05) is 6.54 Å². The van der Waals surface area contributed by atoms with Gasteiger partial charge in [-0.3, -0.25) is 9.20 Å². The van der Waals surface area contributed by atoms with E-state index in [4.69, 9.17) is 9.84 Å². The normalized spacial score (nSPS) is 11.9. The van der Waals surface area contributed by atoms with E-state index in [9.17, 15) is 18.4 Å². The number of carbonyl (C=O) groups is 2. The minimum atomic E-state index is -1.19. The molecule has 1 unspecified atom stereocenters. The summed E-state index contributed by atoms with van der Waals surface area (Å²) in [6.45, 7) is 3.00. The molecule has 3 N–H and O–H groups in total. The Morgan fingerprint density at radius 2 is 1.93 bits per heavy atom. The molecule has 0 bridgehead atoms. The molecule has 0 fully saturated rings. The molecule has 3 rings (SSSR count). The van der Waals surface area contributed by atoms with Crippen molar-refractivity contribution in [1.82, 2.24) is 20.0 Å². The van der Waals surface area contributed by atoms with Crippen LogP contribution in [-0.4, -0.2) is 39.1 Å². The van der Waals surface area contributed by atoms with Crippen LogP contribution < -0.4 is 15.4 Å². The molecule has 2 amide bonds. The molecule has 8 nitrogen and oxygen atoms in total. The predicted octanol–water partition coefficient (Wildman–Crippen LogP) is 2.89. The van der Waals surface area contributed by atoms with E-state index in [1.807, 2.05) is 0 Å². The van der Waals surface area contributed by atoms with Gasteiger partial charge in [-0.2, -0.15) is 0 Å². The zero-order valence-electron chi connectivity index (χ0n) is 16.3. The van der Waals surface area contributed by atoms with Gasteiger partial charge in [-0.25, -0.2) is 18.6 Å². The van der Waals surface area contributed by atoms with Crippen molar-refractivity contribution >= 4 is 17.6 Å². The molecular formula is C20H20F2N4O4. The van der Waals surface area contributed by atoms with E-state index in [1.165, 1.54) is 10.5 Å². The minimum absolute atomic E-state index is 0.0411. The van der Waals surface area contributed by atoms with E-state index >= 15 is 0 Å². The van der Waals surface area contributed by atoms with Crippen molar-refractivity contribution in [1.29, 1.82) is 0 Å². The molecule has 10 heteroatoms. The van der Waals surface area contributed by atoms with Crippen LogP contribution in [0.4, 0.5) is 13.6 Å². The molecule has 0 aliphatic carbocycles. The third kappa shape index (κ3) is 4.48. The van der Waals surface area contributed by atoms with Crippen molar-refractivity contribution < 1.29 is 28.2 Å². The molecule has 2 aromatic heterocycles. The van der Waals surface area contributed by atoms with Crippen LogP contribution in [0, 0.1) is 18.6 Å². The van der Waals surface area contributed by atoms with Crippen LogP contribution in [0.15, 0.2) is 36.5 Å². The van der Waals surface area contributed by atoms with E-state index in [2.05, 4.69) is 15.6 Å². The van der Waals surface area contributed by atoms with Gasteiger partial charge in [-0.15, -0.1) is 0 Å². The highest BCUT2D eigenvalue weighted by Gasteiger charge is 2.21. The summed E-state index contributed by atoms with van der Waals surface area (Å²) in [5.74, 6) is -1.63. The fourth-order valence-electron chi connectivity index (χ4n) is 2.95. The number of carboxylic acid groups (broad SMARTS) is 1. The van der Waals surface area contributed by atoms with Crippen LogP contribution in [0.3, 0.4) is 0 Å². The number of benzene rings is 1. The molecule has 2 heterocycles. The van der Waals surface area contributed by atoms with E-state index in [0.29, 0.717) is 11.3 Å². The van der Waals surface area contributed by atoms with Crippen LogP contribution in [0.2, 0.25) is 0 Å². The summed E-state index contributed by atoms with van der Waals surface area (Å²) in [7, 11) is 0. The number of nitrogens with one attached hydrogen (secondary N) is 2. The summed E-state index contributed by atoms with van der Waals surface area (Å²) in [6.07, 6.45) is 0.427. The van der Waals surface area contributed by atoms with E-state index < -0.39 is 29.7 Å². The van der Waals surface area contributed by atoms with E-state index in [-0.39, 0.29) is 30.2 Å². The Morgan fingerprint density at radius 1 is 1.23 bits per heavy atom. The second-order valence-corrected chi connectivity index (χ2v) is 6.66. The largest absolute Gasteiger partial charge is 0.485 e. The number of hydrogen-bond donors (Lipinski definition) is 3. The van der Waals surface area contributed by atoms with Crippen molar-refractivity contribution in [3.63, 3.8) is 0 Å². The maximum absolute atomic E-state index is 13.8. The Bertz CT molecular complexity index is 1080. The summed E-state index contributed by atoms with van der Waals surface area (Å²) in [5.41, 5.74) is 0.766. The molecule has 1 aromatic carbocycles. The molecule has 0 aliphatic rings. The number of ether oxygens (including phenoxy) is 1. The summed E-state index contributed by atoms with van der Waals surface area (Å²) < 4.78 is 34.8. The lowest BCUT2D eigenvalue weighted by Crippen LogP contribution is -2.41. The summed E-state index contributed by atoms with van der Waals surface area (Å²) in [4.78, 5) is 27.6. The molecule has 3 aromatic rings. The minimum Gasteiger partial charge on any atom is -0.485 e. The fourth-order valence-corrected chi connectivity index (χ4v) is 2.95. The number of hydrogen-bond acceptors (Lipinski definition) is 4. The van der Waals surface area contributed by atoms with Gasteiger partial charge in [0.05, 0.1) is 11.3 Å². The average Bonchev–Trinajstić information content (AvgIpc) is 3.02. The Kier molecular flexibility index (Phi) is 6.14. The van der Waals surface area contributed by atoms with Crippen molar-refractivity contribution in [2.45, 2.75) is 26.5 Å². The first-order chi connectivity index (χ1) is 14.3. The summed E-state index contributed by atoms with van der Waals surface area (Å²) in [5, 5.41) is 13.6. The molecule has 0 saturated carbocycles. The third-order valence-corrected chi connectivity index (χ3v) is 4.37. The molecular weight excluding hydrogens is 398 g/mol. The number of rotatable bonds is 7. The van der Waals surface area contributed by atoms with Gasteiger partial charge >= 0.3 is 6.09 Å². The van der Waals surface area contributed by atoms with Crippen LogP contribution in [-0.2, 0) is 6.61 Å². The van der Waals surface area contributed by atoms with Gasteiger partial charge in [-0.05, 0) is 38.1 Å². The molecule has 0 saturated heterocycles. The SMILES string of the molecule is Cc1nc2c(OCc3c(F)cccc3F)cccn2c1C(=O)NC(C)CNC(=O)O. The molecule has 0 spiro atoms. The molecule has 0 aliphatic heterocycles. The van der Waals surface area contributed by atoms with Gasteiger partial charge in [-0.1, -0.05) is 6.07 Å². The first kappa shape index (κ1) is 21.0. The Balaban J connectivity index is 1.83. The van der Waals surface area contributed by atoms with Crippen LogP contribution in [0.1, 0.15) is 28.7 Å². The zero-order chi connectivity index (χ0) is 21.8. The molecule has 0 radical (unpaired) electrons. The van der Waals surface area contributed by atoms with Gasteiger partial charge in [0.25, 0.3) is 5.91 Å². The first-order valence-corrected chi connectivity index (χ1v) is 9.09. The summed E-state index contributed by atoms with van der Waals surface area (Å²) in [6, 6.07) is 6.30. The maximum atomic E-state index is 13.8. The van der Waals surface area contributed by atoms with Gasteiger partial charge in [0.1, 0.15) is 23.9 Å². The van der Waals surface area contributed by atoms with Gasteiger partial charge in [0, 0.05) is 18.8 Å².